The lowest BCUT2D eigenvalue weighted by molar-refractivity contribution is -0.141. The zero-order chi connectivity index (χ0) is 11.7. The van der Waals surface area contributed by atoms with E-state index >= 15 is 0 Å². The lowest BCUT2D eigenvalue weighted by Crippen LogP contribution is -2.50. The molecule has 0 spiro atoms. The molecule has 16 heavy (non-hydrogen) atoms. The summed E-state index contributed by atoms with van der Waals surface area (Å²) in [4.78, 5) is 26.8. The van der Waals surface area contributed by atoms with E-state index in [1.54, 1.807) is 9.80 Å². The van der Waals surface area contributed by atoms with Gasteiger partial charge in [-0.05, 0) is 19.3 Å². The van der Waals surface area contributed by atoms with Crippen LogP contribution < -0.4 is 5.73 Å². The standard InChI is InChI=1S/C11H19N3O2/c1-13(9-3-4-9)11(16)7-14-6-8(12)2-5-10(14)15/h8-9H,2-7,12H2,1H3. The zero-order valence-corrected chi connectivity index (χ0v) is 9.69. The van der Waals surface area contributed by atoms with Crippen LogP contribution in [-0.2, 0) is 9.59 Å². The highest BCUT2D eigenvalue weighted by atomic mass is 16.2. The Morgan fingerprint density at radius 2 is 2.19 bits per heavy atom. The highest BCUT2D eigenvalue weighted by Gasteiger charge is 2.32. The molecule has 0 aromatic rings. The molecule has 1 unspecified atom stereocenters. The molecule has 2 aliphatic rings. The van der Waals surface area contributed by atoms with Crippen molar-refractivity contribution in [1.29, 1.82) is 0 Å². The Morgan fingerprint density at radius 1 is 1.50 bits per heavy atom. The molecule has 0 bridgehead atoms. The second kappa shape index (κ2) is 4.41. The molecule has 1 aliphatic carbocycles. The van der Waals surface area contributed by atoms with Crippen LogP contribution in [0.1, 0.15) is 25.7 Å². The Hall–Kier alpha value is -1.10. The molecule has 0 aromatic heterocycles. The van der Waals surface area contributed by atoms with E-state index in [1.807, 2.05) is 7.05 Å². The SMILES string of the molecule is CN(C(=O)CN1CC(N)CCC1=O)C1CC1. The molecule has 1 saturated carbocycles. The third-order valence-electron chi connectivity index (χ3n) is 3.35. The molecule has 5 nitrogen and oxygen atoms in total. The molecule has 1 atom stereocenters. The summed E-state index contributed by atoms with van der Waals surface area (Å²) in [7, 11) is 1.81. The summed E-state index contributed by atoms with van der Waals surface area (Å²) in [5.41, 5.74) is 5.79. The fourth-order valence-electron chi connectivity index (χ4n) is 2.04. The van der Waals surface area contributed by atoms with Crippen LogP contribution in [0.15, 0.2) is 0 Å². The summed E-state index contributed by atoms with van der Waals surface area (Å²) in [6, 6.07) is 0.429. The number of nitrogens with two attached hydrogens (primary N) is 1. The molecule has 1 heterocycles. The maximum atomic E-state index is 11.8. The average Bonchev–Trinajstić information content (AvgIpc) is 3.06. The van der Waals surface area contributed by atoms with E-state index in [0.717, 1.165) is 19.3 Å². The first kappa shape index (κ1) is 11.4. The van der Waals surface area contributed by atoms with Crippen LogP contribution in [0.3, 0.4) is 0 Å². The maximum Gasteiger partial charge on any atom is 0.242 e. The van der Waals surface area contributed by atoms with Crippen LogP contribution in [0.25, 0.3) is 0 Å². The molecule has 2 N–H and O–H groups in total. The fraction of sp³-hybridized carbons (Fsp3) is 0.818. The van der Waals surface area contributed by atoms with Crippen molar-refractivity contribution in [3.63, 3.8) is 0 Å². The fourth-order valence-corrected chi connectivity index (χ4v) is 2.04. The van der Waals surface area contributed by atoms with E-state index in [9.17, 15) is 9.59 Å². The Labute approximate surface area is 95.6 Å². The number of amides is 2. The van der Waals surface area contributed by atoms with Gasteiger partial charge in [0.15, 0.2) is 0 Å². The molecule has 2 rings (SSSR count). The second-order valence-corrected chi connectivity index (χ2v) is 4.81. The Balaban J connectivity index is 1.87. The quantitative estimate of drug-likeness (QED) is 0.708. The number of hydrogen-bond donors (Lipinski definition) is 1. The lowest BCUT2D eigenvalue weighted by Gasteiger charge is -2.31. The van der Waals surface area contributed by atoms with Crippen molar-refractivity contribution >= 4 is 11.8 Å². The third-order valence-corrected chi connectivity index (χ3v) is 3.35. The highest BCUT2D eigenvalue weighted by Crippen LogP contribution is 2.25. The van der Waals surface area contributed by atoms with E-state index < -0.39 is 0 Å². The van der Waals surface area contributed by atoms with Crippen molar-refractivity contribution in [3.05, 3.63) is 0 Å². The van der Waals surface area contributed by atoms with Gasteiger partial charge in [0.05, 0.1) is 6.54 Å². The summed E-state index contributed by atoms with van der Waals surface area (Å²) in [5, 5.41) is 0. The van der Waals surface area contributed by atoms with E-state index in [1.165, 1.54) is 0 Å². The normalized spacial score (nSPS) is 25.8. The highest BCUT2D eigenvalue weighted by molar-refractivity contribution is 5.85. The summed E-state index contributed by atoms with van der Waals surface area (Å²) in [5.74, 6) is 0.0872. The Bertz CT molecular complexity index is 302. The van der Waals surface area contributed by atoms with E-state index in [-0.39, 0.29) is 24.4 Å². The smallest absolute Gasteiger partial charge is 0.242 e. The van der Waals surface area contributed by atoms with E-state index in [2.05, 4.69) is 0 Å². The number of carbonyl (C=O) groups is 2. The van der Waals surface area contributed by atoms with Crippen LogP contribution in [0.2, 0.25) is 0 Å². The summed E-state index contributed by atoms with van der Waals surface area (Å²) in [6.45, 7) is 0.711. The molecule has 0 aromatic carbocycles. The van der Waals surface area contributed by atoms with Gasteiger partial charge in [-0.25, -0.2) is 0 Å². The van der Waals surface area contributed by atoms with Crippen molar-refractivity contribution in [2.75, 3.05) is 20.1 Å². The average molecular weight is 225 g/mol. The van der Waals surface area contributed by atoms with Crippen LogP contribution in [0.4, 0.5) is 0 Å². The molecular formula is C11H19N3O2. The topological polar surface area (TPSA) is 66.6 Å². The minimum atomic E-state index is 0.0248. The van der Waals surface area contributed by atoms with E-state index in [4.69, 9.17) is 5.73 Å². The number of carbonyl (C=O) groups excluding carboxylic acids is 2. The second-order valence-electron chi connectivity index (χ2n) is 4.81. The van der Waals surface area contributed by atoms with Crippen molar-refractivity contribution in [2.24, 2.45) is 5.73 Å². The Morgan fingerprint density at radius 3 is 2.81 bits per heavy atom. The van der Waals surface area contributed by atoms with Gasteiger partial charge in [0.1, 0.15) is 0 Å². The third kappa shape index (κ3) is 2.52. The van der Waals surface area contributed by atoms with Gasteiger partial charge < -0.3 is 15.5 Å². The molecule has 5 heteroatoms. The van der Waals surface area contributed by atoms with Crippen molar-refractivity contribution in [1.82, 2.24) is 9.80 Å². The molecular weight excluding hydrogens is 206 g/mol. The monoisotopic (exact) mass is 225 g/mol. The summed E-state index contributed by atoms with van der Waals surface area (Å²) < 4.78 is 0. The first-order valence-electron chi connectivity index (χ1n) is 5.87. The van der Waals surface area contributed by atoms with Crippen LogP contribution >= 0.6 is 0 Å². The van der Waals surface area contributed by atoms with Gasteiger partial charge >= 0.3 is 0 Å². The van der Waals surface area contributed by atoms with Gasteiger partial charge in [0.2, 0.25) is 11.8 Å². The maximum absolute atomic E-state index is 11.8. The molecule has 2 fully saturated rings. The van der Waals surface area contributed by atoms with E-state index in [0.29, 0.717) is 19.0 Å². The summed E-state index contributed by atoms with van der Waals surface area (Å²) in [6.07, 6.45) is 3.40. The van der Waals surface area contributed by atoms with Crippen molar-refractivity contribution in [3.8, 4) is 0 Å². The van der Waals surface area contributed by atoms with Gasteiger partial charge in [0.25, 0.3) is 0 Å². The number of likely N-dealkylation sites (N-methyl/N-ethyl adjacent to an activating group) is 1. The van der Waals surface area contributed by atoms with Crippen LogP contribution in [0.5, 0.6) is 0 Å². The summed E-state index contributed by atoms with van der Waals surface area (Å²) >= 11 is 0. The van der Waals surface area contributed by atoms with Gasteiger partial charge in [-0.1, -0.05) is 0 Å². The minimum absolute atomic E-state index is 0.0248. The predicted octanol–water partition coefficient (Wildman–Crippen LogP) is -0.443. The van der Waals surface area contributed by atoms with Gasteiger partial charge in [-0.3, -0.25) is 9.59 Å². The van der Waals surface area contributed by atoms with Crippen LogP contribution in [-0.4, -0.2) is 53.8 Å². The first-order valence-corrected chi connectivity index (χ1v) is 5.87. The number of hydrogen-bond acceptors (Lipinski definition) is 3. The number of nitrogens with zero attached hydrogens (tertiary/aromatic N) is 2. The van der Waals surface area contributed by atoms with Gasteiger partial charge in [-0.2, -0.15) is 0 Å². The number of rotatable bonds is 3. The zero-order valence-electron chi connectivity index (χ0n) is 9.69. The van der Waals surface area contributed by atoms with Gasteiger partial charge in [0, 0.05) is 32.1 Å². The van der Waals surface area contributed by atoms with Crippen LogP contribution in [0, 0.1) is 0 Å². The molecule has 1 aliphatic heterocycles. The van der Waals surface area contributed by atoms with Crippen molar-refractivity contribution < 1.29 is 9.59 Å². The minimum Gasteiger partial charge on any atom is -0.341 e. The predicted molar refractivity (Wildman–Crippen MR) is 59.6 cm³/mol. The molecule has 90 valence electrons. The first-order chi connectivity index (χ1) is 7.58. The molecule has 0 radical (unpaired) electrons. The molecule has 2 amide bonds. The Kier molecular flexibility index (Phi) is 3.14. The largest absolute Gasteiger partial charge is 0.341 e. The number of piperidine rings is 1. The van der Waals surface area contributed by atoms with Crippen molar-refractivity contribution in [2.45, 2.75) is 37.8 Å². The molecule has 1 saturated heterocycles. The van der Waals surface area contributed by atoms with Gasteiger partial charge in [-0.15, -0.1) is 0 Å². The lowest BCUT2D eigenvalue weighted by atomic mass is 10.1. The number of likely N-dealkylation sites (tertiary alicyclic amines) is 1.